The molecule has 0 saturated heterocycles. The number of rotatable bonds is 3. The standard InChI is InChI=1S/C22H20N4O2/c1-13(2)15-10-8-14(9-11-15)12-17-19-18(22(28)24-21(17)27)20(23)26(25-19)16-6-4-3-5-7-16/h3-13H,23H2,1-2H3,(H,24,27,28)/b17-12+. The summed E-state index contributed by atoms with van der Waals surface area (Å²) in [5.41, 5.74) is 9.81. The van der Waals surface area contributed by atoms with Crippen LogP contribution >= 0.6 is 0 Å². The van der Waals surface area contributed by atoms with E-state index in [9.17, 15) is 9.59 Å². The van der Waals surface area contributed by atoms with E-state index in [1.165, 1.54) is 10.2 Å². The largest absolute Gasteiger partial charge is 0.383 e. The van der Waals surface area contributed by atoms with E-state index in [0.29, 0.717) is 17.2 Å². The Kier molecular flexibility index (Phi) is 4.31. The second-order valence-electron chi connectivity index (χ2n) is 7.02. The quantitative estimate of drug-likeness (QED) is 0.545. The van der Waals surface area contributed by atoms with Crippen LogP contribution in [0.25, 0.3) is 17.3 Å². The molecule has 0 saturated carbocycles. The maximum Gasteiger partial charge on any atom is 0.264 e. The van der Waals surface area contributed by atoms with Gasteiger partial charge in [0.25, 0.3) is 11.8 Å². The van der Waals surface area contributed by atoms with Crippen molar-refractivity contribution < 1.29 is 9.59 Å². The van der Waals surface area contributed by atoms with E-state index >= 15 is 0 Å². The van der Waals surface area contributed by atoms with Crippen LogP contribution in [0.15, 0.2) is 54.6 Å². The first-order chi connectivity index (χ1) is 13.5. The average molecular weight is 372 g/mol. The molecule has 28 heavy (non-hydrogen) atoms. The number of imide groups is 1. The van der Waals surface area contributed by atoms with Gasteiger partial charge >= 0.3 is 0 Å². The molecule has 3 aromatic rings. The molecule has 3 N–H and O–H groups in total. The van der Waals surface area contributed by atoms with Gasteiger partial charge in [0.15, 0.2) is 0 Å². The van der Waals surface area contributed by atoms with Crippen LogP contribution in [0.1, 0.15) is 46.9 Å². The highest BCUT2D eigenvalue weighted by Crippen LogP contribution is 2.31. The minimum atomic E-state index is -0.535. The normalized spacial score (nSPS) is 15.0. The lowest BCUT2D eigenvalue weighted by molar-refractivity contribution is -0.114. The molecule has 1 aromatic heterocycles. The molecule has 2 amide bonds. The number of nitrogen functional groups attached to an aromatic ring is 1. The van der Waals surface area contributed by atoms with E-state index in [0.717, 1.165) is 11.3 Å². The molecule has 140 valence electrons. The smallest absolute Gasteiger partial charge is 0.264 e. The van der Waals surface area contributed by atoms with Gasteiger partial charge in [-0.3, -0.25) is 14.9 Å². The van der Waals surface area contributed by atoms with Crippen molar-refractivity contribution in [3.8, 4) is 5.69 Å². The Morgan fingerprint density at radius 2 is 1.68 bits per heavy atom. The topological polar surface area (TPSA) is 90.0 Å². The molecule has 2 aromatic carbocycles. The van der Waals surface area contributed by atoms with Crippen molar-refractivity contribution in [2.24, 2.45) is 0 Å². The summed E-state index contributed by atoms with van der Waals surface area (Å²) in [6, 6.07) is 17.2. The highest BCUT2D eigenvalue weighted by atomic mass is 16.2. The number of benzene rings is 2. The summed E-state index contributed by atoms with van der Waals surface area (Å²) in [6.07, 6.45) is 1.73. The average Bonchev–Trinajstić information content (AvgIpc) is 3.04. The summed E-state index contributed by atoms with van der Waals surface area (Å²) in [7, 11) is 0. The third-order valence-corrected chi connectivity index (χ3v) is 4.79. The number of para-hydroxylation sites is 1. The Balaban J connectivity index is 1.84. The Morgan fingerprint density at radius 3 is 2.32 bits per heavy atom. The van der Waals surface area contributed by atoms with Crippen molar-refractivity contribution in [2.45, 2.75) is 19.8 Å². The number of anilines is 1. The minimum absolute atomic E-state index is 0.201. The van der Waals surface area contributed by atoms with Gasteiger partial charge in [-0.05, 0) is 35.3 Å². The van der Waals surface area contributed by atoms with Crippen LogP contribution in [0.2, 0.25) is 0 Å². The molecular weight excluding hydrogens is 352 g/mol. The van der Waals surface area contributed by atoms with Crippen molar-refractivity contribution >= 4 is 29.3 Å². The number of nitrogens with zero attached hydrogens (tertiary/aromatic N) is 2. The second kappa shape index (κ2) is 6.81. The number of amides is 2. The molecule has 6 nitrogen and oxygen atoms in total. The van der Waals surface area contributed by atoms with Crippen molar-refractivity contribution in [3.05, 3.63) is 77.0 Å². The predicted octanol–water partition coefficient (Wildman–Crippen LogP) is 3.39. The molecule has 0 aliphatic carbocycles. The van der Waals surface area contributed by atoms with E-state index in [1.807, 2.05) is 54.6 Å². The van der Waals surface area contributed by atoms with Gasteiger partial charge in [0.2, 0.25) is 0 Å². The molecule has 2 heterocycles. The maximum absolute atomic E-state index is 12.5. The van der Waals surface area contributed by atoms with Gasteiger partial charge < -0.3 is 5.73 Å². The fourth-order valence-corrected chi connectivity index (χ4v) is 3.23. The summed E-state index contributed by atoms with van der Waals surface area (Å²) in [5.74, 6) is -0.396. The molecule has 0 radical (unpaired) electrons. The number of fused-ring (bicyclic) bond motifs is 1. The first-order valence-corrected chi connectivity index (χ1v) is 9.07. The van der Waals surface area contributed by atoms with Crippen molar-refractivity contribution in [3.63, 3.8) is 0 Å². The van der Waals surface area contributed by atoms with Gasteiger partial charge in [-0.15, -0.1) is 0 Å². The third kappa shape index (κ3) is 2.99. The molecule has 0 fully saturated rings. The van der Waals surface area contributed by atoms with Gasteiger partial charge in [0.1, 0.15) is 17.1 Å². The van der Waals surface area contributed by atoms with E-state index in [1.54, 1.807) is 6.08 Å². The van der Waals surface area contributed by atoms with Crippen LogP contribution in [-0.2, 0) is 4.79 Å². The van der Waals surface area contributed by atoms with Gasteiger partial charge in [0.05, 0.1) is 11.3 Å². The van der Waals surface area contributed by atoms with Gasteiger partial charge in [-0.1, -0.05) is 56.3 Å². The molecule has 6 heteroatoms. The number of nitrogens with one attached hydrogen (secondary N) is 1. The minimum Gasteiger partial charge on any atom is -0.383 e. The molecular formula is C22H20N4O2. The summed E-state index contributed by atoms with van der Waals surface area (Å²) in [5, 5.41) is 6.85. The Morgan fingerprint density at radius 1 is 1.00 bits per heavy atom. The van der Waals surface area contributed by atoms with Crippen molar-refractivity contribution in [1.29, 1.82) is 0 Å². The van der Waals surface area contributed by atoms with Crippen molar-refractivity contribution in [1.82, 2.24) is 15.1 Å². The molecule has 0 unspecified atom stereocenters. The summed E-state index contributed by atoms with van der Waals surface area (Å²) < 4.78 is 1.48. The molecule has 4 rings (SSSR count). The first-order valence-electron chi connectivity index (χ1n) is 9.07. The number of hydrogen-bond acceptors (Lipinski definition) is 4. The lowest BCUT2D eigenvalue weighted by Gasteiger charge is -2.13. The van der Waals surface area contributed by atoms with Crippen LogP contribution in [0.4, 0.5) is 5.82 Å². The summed E-state index contributed by atoms with van der Waals surface area (Å²) >= 11 is 0. The number of hydrogen-bond donors (Lipinski definition) is 2. The van der Waals surface area contributed by atoms with Crippen LogP contribution in [0.3, 0.4) is 0 Å². The van der Waals surface area contributed by atoms with E-state index < -0.39 is 11.8 Å². The summed E-state index contributed by atoms with van der Waals surface area (Å²) in [6.45, 7) is 4.25. The zero-order chi connectivity index (χ0) is 19.8. The number of carbonyl (C=O) groups is 2. The number of carbonyl (C=O) groups excluding carboxylic acids is 2. The van der Waals surface area contributed by atoms with Gasteiger partial charge in [-0.2, -0.15) is 5.10 Å². The second-order valence-corrected chi connectivity index (χ2v) is 7.02. The molecule has 1 aliphatic heterocycles. The third-order valence-electron chi connectivity index (χ3n) is 4.79. The van der Waals surface area contributed by atoms with Crippen molar-refractivity contribution in [2.75, 3.05) is 5.73 Å². The maximum atomic E-state index is 12.5. The molecule has 0 bridgehead atoms. The highest BCUT2D eigenvalue weighted by molar-refractivity contribution is 6.34. The SMILES string of the molecule is CC(C)c1ccc(/C=C2/C(=O)NC(=O)c3c2nn(-c2ccccc2)c3N)cc1. The summed E-state index contributed by atoms with van der Waals surface area (Å²) in [4.78, 5) is 24.9. The van der Waals surface area contributed by atoms with Gasteiger partial charge in [-0.25, -0.2) is 4.68 Å². The fraction of sp³-hybridized carbons (Fsp3) is 0.136. The van der Waals surface area contributed by atoms with Crippen LogP contribution in [-0.4, -0.2) is 21.6 Å². The highest BCUT2D eigenvalue weighted by Gasteiger charge is 2.34. The Hall–Kier alpha value is -3.67. The van der Waals surface area contributed by atoms with Crippen LogP contribution in [0, 0.1) is 0 Å². The number of nitrogens with two attached hydrogens (primary N) is 1. The Labute approximate surface area is 162 Å². The lowest BCUT2D eigenvalue weighted by atomic mass is 9.98. The predicted molar refractivity (Wildman–Crippen MR) is 109 cm³/mol. The van der Waals surface area contributed by atoms with Crippen LogP contribution < -0.4 is 11.1 Å². The molecule has 1 aliphatic rings. The zero-order valence-corrected chi connectivity index (χ0v) is 15.6. The molecule has 0 spiro atoms. The monoisotopic (exact) mass is 372 g/mol. The first kappa shape index (κ1) is 17.7. The Bertz CT molecular complexity index is 1090. The van der Waals surface area contributed by atoms with E-state index in [4.69, 9.17) is 5.73 Å². The van der Waals surface area contributed by atoms with E-state index in [2.05, 4.69) is 24.3 Å². The van der Waals surface area contributed by atoms with E-state index in [-0.39, 0.29) is 11.4 Å². The van der Waals surface area contributed by atoms with Gasteiger partial charge in [0, 0.05) is 0 Å². The zero-order valence-electron chi connectivity index (χ0n) is 15.6. The fourth-order valence-electron chi connectivity index (χ4n) is 3.23. The van der Waals surface area contributed by atoms with Crippen LogP contribution in [0.5, 0.6) is 0 Å². The lowest BCUT2D eigenvalue weighted by Crippen LogP contribution is -2.36. The number of aromatic nitrogens is 2. The molecule has 0 atom stereocenters.